The molecule has 1 aromatic carbocycles. The van der Waals surface area contributed by atoms with Crippen molar-refractivity contribution in [3.8, 4) is 0 Å². The number of hydrogen-bond acceptors (Lipinski definition) is 4. The zero-order valence-electron chi connectivity index (χ0n) is 12.8. The molecular formula is C16H21N3O2S. The lowest BCUT2D eigenvalue weighted by Gasteiger charge is -2.09. The molecule has 2 N–H and O–H groups in total. The monoisotopic (exact) mass is 319 g/mol. The summed E-state index contributed by atoms with van der Waals surface area (Å²) in [4.78, 5) is 4.37. The molecule has 2 aromatic rings. The van der Waals surface area contributed by atoms with Crippen LogP contribution in [0.25, 0.3) is 0 Å². The van der Waals surface area contributed by atoms with Gasteiger partial charge in [-0.2, -0.15) is 0 Å². The fourth-order valence-corrected chi connectivity index (χ4v) is 3.06. The average Bonchev–Trinajstić information content (AvgIpc) is 2.49. The first-order valence-electron chi connectivity index (χ1n) is 7.30. The summed E-state index contributed by atoms with van der Waals surface area (Å²) in [5, 5.41) is 3.24. The van der Waals surface area contributed by atoms with E-state index in [2.05, 4.69) is 21.9 Å². The van der Waals surface area contributed by atoms with Crippen molar-refractivity contribution in [2.45, 2.75) is 31.6 Å². The summed E-state index contributed by atoms with van der Waals surface area (Å²) in [6, 6.07) is 10.2. The lowest BCUT2D eigenvalue weighted by Crippen LogP contribution is -2.14. The summed E-state index contributed by atoms with van der Waals surface area (Å²) in [6.07, 6.45) is 3.83. The van der Waals surface area contributed by atoms with Crippen LogP contribution < -0.4 is 10.0 Å². The molecule has 0 unspecified atom stereocenters. The van der Waals surface area contributed by atoms with Gasteiger partial charge in [-0.1, -0.05) is 25.5 Å². The summed E-state index contributed by atoms with van der Waals surface area (Å²) in [5.41, 5.74) is 1.78. The van der Waals surface area contributed by atoms with Crippen molar-refractivity contribution in [3.63, 3.8) is 0 Å². The van der Waals surface area contributed by atoms with Crippen LogP contribution in [-0.2, 0) is 10.0 Å². The van der Waals surface area contributed by atoms with E-state index in [0.29, 0.717) is 5.82 Å². The Labute approximate surface area is 131 Å². The molecule has 22 heavy (non-hydrogen) atoms. The van der Waals surface area contributed by atoms with Gasteiger partial charge in [0.25, 0.3) is 10.0 Å². The maximum Gasteiger partial charge on any atom is 0.263 e. The molecule has 0 radical (unpaired) electrons. The third kappa shape index (κ3) is 4.46. The highest BCUT2D eigenvalue weighted by Crippen LogP contribution is 2.16. The Morgan fingerprint density at radius 1 is 1.18 bits per heavy atom. The van der Waals surface area contributed by atoms with Crippen molar-refractivity contribution in [3.05, 3.63) is 48.2 Å². The topological polar surface area (TPSA) is 71.1 Å². The Bertz CT molecular complexity index is 712. The highest BCUT2D eigenvalue weighted by Gasteiger charge is 2.14. The largest absolute Gasteiger partial charge is 0.384 e. The standard InChI is InChI=1S/C16H21N3O2S/c1-3-4-10-17-14-8-9-16(18-12-14)19-22(20,21)15-7-5-6-13(2)11-15/h5-9,11-12,17H,3-4,10H2,1-2H3,(H,18,19). The number of hydrogen-bond donors (Lipinski definition) is 2. The van der Waals surface area contributed by atoms with Crippen molar-refractivity contribution in [2.24, 2.45) is 0 Å². The predicted octanol–water partition coefficient (Wildman–Crippen LogP) is 3.40. The Balaban J connectivity index is 2.06. The minimum atomic E-state index is -3.60. The molecule has 118 valence electrons. The molecule has 0 saturated heterocycles. The number of unbranched alkanes of at least 4 members (excludes halogenated alkanes) is 1. The maximum absolute atomic E-state index is 12.3. The molecule has 1 heterocycles. The minimum Gasteiger partial charge on any atom is -0.384 e. The third-order valence-electron chi connectivity index (χ3n) is 3.16. The van der Waals surface area contributed by atoms with Gasteiger partial charge in [0.1, 0.15) is 5.82 Å². The Kier molecular flexibility index (Phi) is 5.38. The average molecular weight is 319 g/mol. The zero-order chi connectivity index (χ0) is 16.0. The van der Waals surface area contributed by atoms with Crippen LogP contribution in [0.15, 0.2) is 47.5 Å². The zero-order valence-corrected chi connectivity index (χ0v) is 13.7. The molecule has 0 aliphatic carbocycles. The van der Waals surface area contributed by atoms with E-state index in [-0.39, 0.29) is 4.90 Å². The number of benzene rings is 1. The van der Waals surface area contributed by atoms with Gasteiger partial charge < -0.3 is 5.32 Å². The first-order chi connectivity index (χ1) is 10.5. The van der Waals surface area contributed by atoms with Gasteiger partial charge in [-0.05, 0) is 43.2 Å². The van der Waals surface area contributed by atoms with Crippen LogP contribution in [-0.4, -0.2) is 19.9 Å². The lowest BCUT2D eigenvalue weighted by molar-refractivity contribution is 0.601. The van der Waals surface area contributed by atoms with Gasteiger partial charge in [0, 0.05) is 6.54 Å². The van der Waals surface area contributed by atoms with E-state index in [4.69, 9.17) is 0 Å². The summed E-state index contributed by atoms with van der Waals surface area (Å²) in [5.74, 6) is 0.308. The summed E-state index contributed by atoms with van der Waals surface area (Å²) >= 11 is 0. The van der Waals surface area contributed by atoms with Crippen molar-refractivity contribution in [1.29, 1.82) is 0 Å². The van der Waals surface area contributed by atoms with E-state index in [1.165, 1.54) is 0 Å². The van der Waals surface area contributed by atoms with Crippen molar-refractivity contribution in [2.75, 3.05) is 16.6 Å². The fraction of sp³-hybridized carbons (Fsp3) is 0.312. The van der Waals surface area contributed by atoms with Gasteiger partial charge >= 0.3 is 0 Å². The first kappa shape index (κ1) is 16.3. The van der Waals surface area contributed by atoms with E-state index in [0.717, 1.165) is 30.6 Å². The summed E-state index contributed by atoms with van der Waals surface area (Å²) in [6.45, 7) is 4.86. The van der Waals surface area contributed by atoms with Gasteiger partial charge in [0.05, 0.1) is 16.8 Å². The maximum atomic E-state index is 12.3. The van der Waals surface area contributed by atoms with Crippen LogP contribution in [0.2, 0.25) is 0 Å². The number of nitrogens with one attached hydrogen (secondary N) is 2. The molecule has 0 amide bonds. The van der Waals surface area contributed by atoms with Crippen LogP contribution in [0.3, 0.4) is 0 Å². The van der Waals surface area contributed by atoms with Crippen LogP contribution in [0.5, 0.6) is 0 Å². The second kappa shape index (κ2) is 7.26. The van der Waals surface area contributed by atoms with Gasteiger partial charge in [0.15, 0.2) is 0 Å². The predicted molar refractivity (Wildman–Crippen MR) is 89.6 cm³/mol. The second-order valence-electron chi connectivity index (χ2n) is 5.13. The quantitative estimate of drug-likeness (QED) is 0.767. The molecule has 0 atom stereocenters. The molecule has 0 aliphatic heterocycles. The smallest absolute Gasteiger partial charge is 0.263 e. The molecule has 2 rings (SSSR count). The molecule has 6 heteroatoms. The van der Waals surface area contributed by atoms with Crippen molar-refractivity contribution < 1.29 is 8.42 Å². The number of pyridine rings is 1. The summed E-state index contributed by atoms with van der Waals surface area (Å²) in [7, 11) is -3.60. The van der Waals surface area contributed by atoms with Crippen LogP contribution >= 0.6 is 0 Å². The summed E-state index contributed by atoms with van der Waals surface area (Å²) < 4.78 is 27.1. The number of rotatable bonds is 7. The van der Waals surface area contributed by atoms with Gasteiger partial charge in [-0.15, -0.1) is 0 Å². The van der Waals surface area contributed by atoms with E-state index in [1.807, 2.05) is 19.1 Å². The van der Waals surface area contributed by atoms with Crippen molar-refractivity contribution >= 4 is 21.5 Å². The van der Waals surface area contributed by atoms with Crippen LogP contribution in [0, 0.1) is 6.92 Å². The molecule has 0 aliphatic rings. The number of aryl methyl sites for hydroxylation is 1. The minimum absolute atomic E-state index is 0.236. The number of anilines is 2. The number of aromatic nitrogens is 1. The van der Waals surface area contributed by atoms with E-state index in [9.17, 15) is 8.42 Å². The molecule has 0 bridgehead atoms. The molecule has 0 saturated carbocycles. The SMILES string of the molecule is CCCCNc1ccc(NS(=O)(=O)c2cccc(C)c2)nc1. The van der Waals surface area contributed by atoms with E-state index in [1.54, 1.807) is 30.5 Å². The van der Waals surface area contributed by atoms with E-state index >= 15 is 0 Å². The molecule has 0 spiro atoms. The Hall–Kier alpha value is -2.08. The normalized spacial score (nSPS) is 11.2. The molecule has 5 nitrogen and oxygen atoms in total. The Morgan fingerprint density at radius 3 is 2.64 bits per heavy atom. The Morgan fingerprint density at radius 2 is 2.00 bits per heavy atom. The number of sulfonamides is 1. The van der Waals surface area contributed by atoms with Crippen LogP contribution in [0.1, 0.15) is 25.3 Å². The van der Waals surface area contributed by atoms with Gasteiger partial charge in [0.2, 0.25) is 0 Å². The van der Waals surface area contributed by atoms with Gasteiger partial charge in [-0.25, -0.2) is 13.4 Å². The van der Waals surface area contributed by atoms with E-state index < -0.39 is 10.0 Å². The third-order valence-corrected chi connectivity index (χ3v) is 4.51. The highest BCUT2D eigenvalue weighted by molar-refractivity contribution is 7.92. The number of nitrogens with zero attached hydrogens (tertiary/aromatic N) is 1. The molecular weight excluding hydrogens is 298 g/mol. The van der Waals surface area contributed by atoms with Gasteiger partial charge in [-0.3, -0.25) is 4.72 Å². The van der Waals surface area contributed by atoms with Crippen LogP contribution in [0.4, 0.5) is 11.5 Å². The highest BCUT2D eigenvalue weighted by atomic mass is 32.2. The fourth-order valence-electron chi connectivity index (χ4n) is 1.95. The first-order valence-corrected chi connectivity index (χ1v) is 8.79. The second-order valence-corrected chi connectivity index (χ2v) is 6.82. The molecule has 0 fully saturated rings. The lowest BCUT2D eigenvalue weighted by atomic mass is 10.2. The molecule has 1 aromatic heterocycles. The van der Waals surface area contributed by atoms with Crippen molar-refractivity contribution in [1.82, 2.24) is 4.98 Å².